The minimum atomic E-state index is 0.0160. The average Bonchev–Trinajstić information content (AvgIpc) is 3.27. The van der Waals surface area contributed by atoms with Crippen molar-refractivity contribution in [3.05, 3.63) is 0 Å². The molecule has 4 aliphatic heterocycles. The molecule has 1 saturated carbocycles. The molecule has 8 heteroatoms. The fourth-order valence-corrected chi connectivity index (χ4v) is 7.73. The van der Waals surface area contributed by atoms with Crippen molar-refractivity contribution in [1.29, 1.82) is 0 Å². The molecular formula is C27H50N6O2+2. The molecule has 0 aromatic rings. The molecule has 1 aliphatic carbocycles. The smallest absolute Gasteiger partial charge is 0.243 e. The number of piperidine rings is 1. The third-order valence-electron chi connectivity index (χ3n) is 9.97. The van der Waals surface area contributed by atoms with Gasteiger partial charge in [0.15, 0.2) is 0 Å². The van der Waals surface area contributed by atoms with Crippen LogP contribution in [0.15, 0.2) is 0 Å². The summed E-state index contributed by atoms with van der Waals surface area (Å²) in [4.78, 5) is 34.8. The Labute approximate surface area is 212 Å². The van der Waals surface area contributed by atoms with Gasteiger partial charge in [0.25, 0.3) is 0 Å². The van der Waals surface area contributed by atoms with Crippen LogP contribution in [0.5, 0.6) is 0 Å². The first-order valence-electron chi connectivity index (χ1n) is 14.8. The van der Waals surface area contributed by atoms with Crippen molar-refractivity contribution in [2.24, 2.45) is 5.92 Å². The summed E-state index contributed by atoms with van der Waals surface area (Å²) in [5.74, 6) is 1.30. The fraction of sp³-hybridized carbons (Fsp3) is 0.926. The summed E-state index contributed by atoms with van der Waals surface area (Å²) in [6.07, 6.45) is 13.9. The molecule has 0 aromatic carbocycles. The summed E-state index contributed by atoms with van der Waals surface area (Å²) in [5.41, 5.74) is 0. The molecule has 0 bridgehead atoms. The highest BCUT2D eigenvalue weighted by Gasteiger charge is 2.48. The molecule has 5 atom stereocenters. The van der Waals surface area contributed by atoms with E-state index in [0.717, 1.165) is 58.0 Å². The monoisotopic (exact) mass is 490 g/mol. The number of fused-ring (bicyclic) bond motifs is 1. The number of carbonyl (C=O) groups is 2. The van der Waals surface area contributed by atoms with Crippen LogP contribution in [0.4, 0.5) is 0 Å². The van der Waals surface area contributed by atoms with E-state index in [0.29, 0.717) is 37.1 Å². The number of piperazine rings is 1. The van der Waals surface area contributed by atoms with Gasteiger partial charge >= 0.3 is 0 Å². The van der Waals surface area contributed by atoms with E-state index in [1.54, 1.807) is 0 Å². The number of amides is 2. The van der Waals surface area contributed by atoms with Crippen molar-refractivity contribution in [2.45, 2.75) is 94.9 Å². The molecule has 0 radical (unpaired) electrons. The number of carbonyl (C=O) groups excluding carboxylic acids is 2. The van der Waals surface area contributed by atoms with Gasteiger partial charge in [-0.15, -0.1) is 0 Å². The molecule has 0 spiro atoms. The van der Waals surface area contributed by atoms with Crippen LogP contribution in [-0.2, 0) is 9.59 Å². The Kier molecular flexibility index (Phi) is 8.64. The van der Waals surface area contributed by atoms with Crippen LogP contribution in [-0.4, -0.2) is 110 Å². The Bertz CT molecular complexity index is 714. The molecule has 4 N–H and O–H groups in total. The Morgan fingerprint density at radius 1 is 1.00 bits per heavy atom. The Morgan fingerprint density at radius 3 is 2.51 bits per heavy atom. The van der Waals surface area contributed by atoms with Gasteiger partial charge in [-0.3, -0.25) is 19.4 Å². The molecule has 5 rings (SSSR count). The molecule has 2 amide bonds. The predicted octanol–water partition coefficient (Wildman–Crippen LogP) is -0.979. The molecule has 8 nitrogen and oxygen atoms in total. The van der Waals surface area contributed by atoms with Crippen molar-refractivity contribution < 1.29 is 19.8 Å². The van der Waals surface area contributed by atoms with E-state index in [9.17, 15) is 9.59 Å². The molecule has 4 saturated heterocycles. The van der Waals surface area contributed by atoms with Gasteiger partial charge in [-0.2, -0.15) is 0 Å². The highest BCUT2D eigenvalue weighted by molar-refractivity contribution is 5.83. The van der Waals surface area contributed by atoms with Crippen LogP contribution in [0.25, 0.3) is 0 Å². The zero-order chi connectivity index (χ0) is 24.2. The first-order chi connectivity index (χ1) is 17.1. The summed E-state index contributed by atoms with van der Waals surface area (Å²) in [7, 11) is 2.27. The normalized spacial score (nSPS) is 36.0. The molecule has 0 aromatic heterocycles. The number of quaternary nitrogens is 2. The SMILES string of the molecule is C[NH+]1C(CCC(=O)N2CCN(C3CCCC[NH2+]3)CC2)CNC(=O)C2C1CCN2CC1CCCCC1. The first-order valence-corrected chi connectivity index (χ1v) is 14.8. The fourth-order valence-electron chi connectivity index (χ4n) is 7.73. The second-order valence-corrected chi connectivity index (χ2v) is 12.1. The lowest BCUT2D eigenvalue weighted by molar-refractivity contribution is -0.928. The van der Waals surface area contributed by atoms with Gasteiger partial charge in [0, 0.05) is 65.0 Å². The summed E-state index contributed by atoms with van der Waals surface area (Å²) in [5, 5.41) is 5.77. The second-order valence-electron chi connectivity index (χ2n) is 12.1. The first kappa shape index (κ1) is 25.4. The Hall–Kier alpha value is -1.22. The highest BCUT2D eigenvalue weighted by atomic mass is 16.2. The zero-order valence-corrected chi connectivity index (χ0v) is 22.1. The van der Waals surface area contributed by atoms with Crippen molar-refractivity contribution in [3.8, 4) is 0 Å². The molecule has 4 heterocycles. The quantitative estimate of drug-likeness (QED) is 0.448. The molecular weight excluding hydrogens is 440 g/mol. The van der Waals surface area contributed by atoms with E-state index in [1.807, 2.05) is 0 Å². The zero-order valence-electron chi connectivity index (χ0n) is 22.1. The lowest BCUT2D eigenvalue weighted by atomic mass is 9.88. The molecule has 5 unspecified atom stereocenters. The number of nitrogens with zero attached hydrogens (tertiary/aromatic N) is 3. The van der Waals surface area contributed by atoms with Gasteiger partial charge in [0.2, 0.25) is 11.8 Å². The number of nitrogens with one attached hydrogen (secondary N) is 2. The largest absolute Gasteiger partial charge is 0.349 e. The summed E-state index contributed by atoms with van der Waals surface area (Å²) in [6.45, 7) is 7.85. The van der Waals surface area contributed by atoms with Crippen molar-refractivity contribution >= 4 is 11.8 Å². The van der Waals surface area contributed by atoms with Crippen LogP contribution in [0.3, 0.4) is 0 Å². The average molecular weight is 491 g/mol. The third kappa shape index (κ3) is 6.03. The van der Waals surface area contributed by atoms with Crippen LogP contribution < -0.4 is 15.5 Å². The van der Waals surface area contributed by atoms with Gasteiger partial charge in [0.05, 0.1) is 20.1 Å². The number of likely N-dealkylation sites (N-methyl/N-ethyl adjacent to an activating group) is 1. The number of nitrogens with two attached hydrogens (primary N) is 1. The second kappa shape index (κ2) is 11.9. The number of likely N-dealkylation sites (tertiary alicyclic amines) is 1. The van der Waals surface area contributed by atoms with Crippen molar-refractivity contribution in [3.63, 3.8) is 0 Å². The van der Waals surface area contributed by atoms with Gasteiger partial charge in [-0.25, -0.2) is 0 Å². The number of hydrogen-bond acceptors (Lipinski definition) is 4. The van der Waals surface area contributed by atoms with Crippen LogP contribution >= 0.6 is 0 Å². The Balaban J connectivity index is 1.10. The summed E-state index contributed by atoms with van der Waals surface area (Å²) >= 11 is 0. The van der Waals surface area contributed by atoms with Gasteiger partial charge in [-0.05, 0) is 31.6 Å². The minimum Gasteiger partial charge on any atom is -0.349 e. The topological polar surface area (TPSA) is 76.9 Å². The van der Waals surface area contributed by atoms with E-state index in [-0.39, 0.29) is 11.9 Å². The molecule has 35 heavy (non-hydrogen) atoms. The maximum atomic E-state index is 13.1. The lowest BCUT2D eigenvalue weighted by Gasteiger charge is -2.39. The third-order valence-corrected chi connectivity index (χ3v) is 9.97. The van der Waals surface area contributed by atoms with Crippen LogP contribution in [0, 0.1) is 5.92 Å². The highest BCUT2D eigenvalue weighted by Crippen LogP contribution is 2.28. The number of hydrogen-bond donors (Lipinski definition) is 3. The van der Waals surface area contributed by atoms with E-state index >= 15 is 0 Å². The maximum Gasteiger partial charge on any atom is 0.243 e. The lowest BCUT2D eigenvalue weighted by Crippen LogP contribution is -3.18. The van der Waals surface area contributed by atoms with Crippen molar-refractivity contribution in [1.82, 2.24) is 20.0 Å². The van der Waals surface area contributed by atoms with E-state index in [1.165, 1.54) is 62.8 Å². The van der Waals surface area contributed by atoms with Crippen molar-refractivity contribution in [2.75, 3.05) is 59.4 Å². The maximum absolute atomic E-state index is 13.1. The van der Waals surface area contributed by atoms with Gasteiger partial charge < -0.3 is 20.4 Å². The summed E-state index contributed by atoms with van der Waals surface area (Å²) in [6, 6.07) is 0.699. The predicted molar refractivity (Wildman–Crippen MR) is 136 cm³/mol. The number of rotatable bonds is 6. The van der Waals surface area contributed by atoms with Crippen LogP contribution in [0.2, 0.25) is 0 Å². The Morgan fingerprint density at radius 2 is 1.77 bits per heavy atom. The molecule has 5 fully saturated rings. The molecule has 5 aliphatic rings. The van der Waals surface area contributed by atoms with E-state index < -0.39 is 0 Å². The van der Waals surface area contributed by atoms with E-state index in [2.05, 4.69) is 32.4 Å². The summed E-state index contributed by atoms with van der Waals surface area (Å²) < 4.78 is 0. The van der Waals surface area contributed by atoms with Gasteiger partial charge in [-0.1, -0.05) is 19.3 Å². The minimum absolute atomic E-state index is 0.0160. The molecule has 198 valence electrons. The standard InChI is InChI=1S/C27H48N6O2/c1-30-22(10-11-25(34)32-17-15-31(16-18-32)24-9-5-6-13-28-24)19-29-27(35)26-23(30)12-14-33(26)20-21-7-3-2-4-8-21/h21-24,26,28H,2-20H2,1H3,(H,29,35)/p+2. The van der Waals surface area contributed by atoms with Gasteiger partial charge in [0.1, 0.15) is 24.3 Å². The van der Waals surface area contributed by atoms with E-state index in [4.69, 9.17) is 0 Å². The van der Waals surface area contributed by atoms with Crippen LogP contribution in [0.1, 0.15) is 70.6 Å².